The maximum absolute atomic E-state index is 5.32. The Balaban J connectivity index is 1.51. The van der Waals surface area contributed by atoms with Gasteiger partial charge in [0.15, 0.2) is 11.8 Å². The van der Waals surface area contributed by atoms with Gasteiger partial charge in [-0.15, -0.1) is 11.3 Å². The molecule has 3 rings (SSSR count). The van der Waals surface area contributed by atoms with Crippen molar-refractivity contribution in [1.82, 2.24) is 25.7 Å². The summed E-state index contributed by atoms with van der Waals surface area (Å²) in [5.74, 6) is 2.67. The summed E-state index contributed by atoms with van der Waals surface area (Å²) in [6.07, 6.45) is 4.28. The Morgan fingerprint density at radius 1 is 1.31 bits per heavy atom. The summed E-state index contributed by atoms with van der Waals surface area (Å²) in [4.78, 5) is 13.3. The van der Waals surface area contributed by atoms with Gasteiger partial charge in [0, 0.05) is 30.3 Å². The van der Waals surface area contributed by atoms with Gasteiger partial charge in [0.05, 0.1) is 12.6 Å². The van der Waals surface area contributed by atoms with Crippen LogP contribution in [0.25, 0.3) is 0 Å². The first-order valence-electron chi connectivity index (χ1n) is 10.8. The molecule has 0 aliphatic carbocycles. The molecule has 1 atom stereocenters. The van der Waals surface area contributed by atoms with E-state index in [1.807, 2.05) is 11.3 Å². The topological polar surface area (TPSA) is 78.6 Å². The lowest BCUT2D eigenvalue weighted by molar-refractivity contribution is 0.255. The number of aromatic nitrogens is 2. The van der Waals surface area contributed by atoms with Crippen molar-refractivity contribution in [3.63, 3.8) is 0 Å². The van der Waals surface area contributed by atoms with Crippen LogP contribution in [0.15, 0.2) is 27.0 Å². The fourth-order valence-corrected chi connectivity index (χ4v) is 4.34. The lowest BCUT2D eigenvalue weighted by atomic mass is 10.2. The van der Waals surface area contributed by atoms with Gasteiger partial charge in [-0.05, 0) is 50.7 Å². The van der Waals surface area contributed by atoms with Crippen LogP contribution in [0, 0.1) is 0 Å². The largest absolute Gasteiger partial charge is 0.357 e. The highest BCUT2D eigenvalue weighted by Gasteiger charge is 2.24. The number of hydrogen-bond donors (Lipinski definition) is 2. The molecule has 1 aliphatic heterocycles. The van der Waals surface area contributed by atoms with E-state index in [9.17, 15) is 0 Å². The minimum atomic E-state index is 0.296. The fraction of sp³-hybridized carbons (Fsp3) is 0.667. The predicted molar refractivity (Wildman–Crippen MR) is 119 cm³/mol. The van der Waals surface area contributed by atoms with E-state index < -0.39 is 0 Å². The molecule has 1 aliphatic rings. The Bertz CT molecular complexity index is 736. The number of guanidine groups is 1. The van der Waals surface area contributed by atoms with Crippen LogP contribution >= 0.6 is 11.3 Å². The molecule has 160 valence electrons. The van der Waals surface area contributed by atoms with Crippen molar-refractivity contribution in [3.05, 3.63) is 34.1 Å². The van der Waals surface area contributed by atoms with E-state index in [0.29, 0.717) is 17.9 Å². The van der Waals surface area contributed by atoms with Crippen LogP contribution in [0.5, 0.6) is 0 Å². The molecule has 3 heterocycles. The van der Waals surface area contributed by atoms with Gasteiger partial charge in [0.25, 0.3) is 0 Å². The lowest BCUT2D eigenvalue weighted by Crippen LogP contribution is -2.39. The van der Waals surface area contributed by atoms with E-state index in [4.69, 9.17) is 9.52 Å². The molecule has 7 nitrogen and oxygen atoms in total. The molecule has 1 fully saturated rings. The highest BCUT2D eigenvalue weighted by Crippen LogP contribution is 2.28. The summed E-state index contributed by atoms with van der Waals surface area (Å²) in [5.41, 5.74) is 0. The first-order chi connectivity index (χ1) is 14.2. The van der Waals surface area contributed by atoms with E-state index in [2.05, 4.69) is 64.0 Å². The number of hydrogen-bond acceptors (Lipinski definition) is 6. The fourth-order valence-electron chi connectivity index (χ4n) is 3.49. The molecular formula is C21H34N6OS. The third-order valence-electron chi connectivity index (χ3n) is 5.08. The zero-order chi connectivity index (χ0) is 20.5. The van der Waals surface area contributed by atoms with E-state index in [0.717, 1.165) is 44.3 Å². The summed E-state index contributed by atoms with van der Waals surface area (Å²) in [5, 5.41) is 13.0. The van der Waals surface area contributed by atoms with Gasteiger partial charge in [-0.3, -0.25) is 9.89 Å². The quantitative estimate of drug-likeness (QED) is 0.349. The molecule has 0 amide bonds. The van der Waals surface area contributed by atoms with Gasteiger partial charge in [0.2, 0.25) is 5.89 Å². The van der Waals surface area contributed by atoms with Crippen molar-refractivity contribution >= 4 is 17.3 Å². The zero-order valence-corrected chi connectivity index (χ0v) is 18.7. The number of nitrogens with one attached hydrogen (secondary N) is 2. The van der Waals surface area contributed by atoms with Crippen LogP contribution in [-0.4, -0.2) is 53.7 Å². The number of nitrogens with zero attached hydrogens (tertiary/aromatic N) is 4. The molecule has 8 heteroatoms. The number of aliphatic imine (C=N–C) groups is 1. The standard InChI is InChI=1S/C21H34N6OS/c1-4-22-21(23-11-7-10-19-25-20(16(2)3)26-28-19)24-15-17(18-9-8-14-29-18)27-12-5-6-13-27/h8-9,14,16-17H,4-7,10-13,15H2,1-3H3,(H2,22,23,24). The molecule has 2 N–H and O–H groups in total. The molecule has 0 bridgehead atoms. The Kier molecular flexibility index (Phi) is 8.49. The van der Waals surface area contributed by atoms with E-state index in [1.54, 1.807) is 0 Å². The lowest BCUT2D eigenvalue weighted by Gasteiger charge is -2.25. The third kappa shape index (κ3) is 6.54. The van der Waals surface area contributed by atoms with E-state index in [-0.39, 0.29) is 0 Å². The van der Waals surface area contributed by atoms with Crippen molar-refractivity contribution in [2.45, 2.75) is 58.4 Å². The summed E-state index contributed by atoms with van der Waals surface area (Å²) in [6.45, 7) is 11.0. The zero-order valence-electron chi connectivity index (χ0n) is 17.9. The Labute approximate surface area is 178 Å². The molecule has 0 saturated carbocycles. The van der Waals surface area contributed by atoms with Gasteiger partial charge < -0.3 is 15.2 Å². The first kappa shape index (κ1) is 21.8. The van der Waals surface area contributed by atoms with Gasteiger partial charge in [-0.1, -0.05) is 25.1 Å². The number of thiophene rings is 1. The molecular weight excluding hydrogens is 384 g/mol. The van der Waals surface area contributed by atoms with E-state index >= 15 is 0 Å². The minimum Gasteiger partial charge on any atom is -0.357 e. The van der Waals surface area contributed by atoms with Crippen molar-refractivity contribution in [2.24, 2.45) is 4.99 Å². The summed E-state index contributed by atoms with van der Waals surface area (Å²) < 4.78 is 5.32. The van der Waals surface area contributed by atoms with Crippen LogP contribution in [0.3, 0.4) is 0 Å². The molecule has 0 spiro atoms. The van der Waals surface area contributed by atoms with Gasteiger partial charge in [0.1, 0.15) is 0 Å². The Hall–Kier alpha value is -1.93. The van der Waals surface area contributed by atoms with Gasteiger partial charge in [-0.25, -0.2) is 0 Å². The molecule has 0 aromatic carbocycles. The van der Waals surface area contributed by atoms with Crippen molar-refractivity contribution < 1.29 is 4.52 Å². The van der Waals surface area contributed by atoms with Crippen molar-refractivity contribution in [1.29, 1.82) is 0 Å². The number of aryl methyl sites for hydroxylation is 1. The highest BCUT2D eigenvalue weighted by atomic mass is 32.1. The smallest absolute Gasteiger partial charge is 0.226 e. The maximum Gasteiger partial charge on any atom is 0.226 e. The Morgan fingerprint density at radius 3 is 2.79 bits per heavy atom. The molecule has 0 radical (unpaired) electrons. The summed E-state index contributed by atoms with van der Waals surface area (Å²) in [6, 6.07) is 4.75. The van der Waals surface area contributed by atoms with Gasteiger partial charge >= 0.3 is 0 Å². The normalized spacial score (nSPS) is 16.5. The third-order valence-corrected chi connectivity index (χ3v) is 6.05. The second kappa shape index (κ2) is 11.3. The molecule has 2 aromatic heterocycles. The van der Waals surface area contributed by atoms with Crippen molar-refractivity contribution in [3.8, 4) is 0 Å². The average molecular weight is 419 g/mol. The van der Waals surface area contributed by atoms with Gasteiger partial charge in [-0.2, -0.15) is 4.98 Å². The average Bonchev–Trinajstić information content (AvgIpc) is 3.48. The SMILES string of the molecule is CCNC(=NCC(c1cccs1)N1CCCC1)NCCCc1nc(C(C)C)no1. The molecule has 1 saturated heterocycles. The van der Waals surface area contributed by atoms with Crippen molar-refractivity contribution in [2.75, 3.05) is 32.7 Å². The summed E-state index contributed by atoms with van der Waals surface area (Å²) in [7, 11) is 0. The predicted octanol–water partition coefficient (Wildman–Crippen LogP) is 3.58. The summed E-state index contributed by atoms with van der Waals surface area (Å²) >= 11 is 1.83. The molecule has 29 heavy (non-hydrogen) atoms. The second-order valence-electron chi connectivity index (χ2n) is 7.73. The first-order valence-corrected chi connectivity index (χ1v) is 11.7. The maximum atomic E-state index is 5.32. The second-order valence-corrected chi connectivity index (χ2v) is 8.70. The molecule has 1 unspecified atom stereocenters. The van der Waals surface area contributed by atoms with Crippen LogP contribution in [0.2, 0.25) is 0 Å². The highest BCUT2D eigenvalue weighted by molar-refractivity contribution is 7.10. The van der Waals surface area contributed by atoms with Crippen LogP contribution in [0.4, 0.5) is 0 Å². The van der Waals surface area contributed by atoms with Crippen LogP contribution < -0.4 is 10.6 Å². The Morgan fingerprint density at radius 2 is 2.14 bits per heavy atom. The van der Waals surface area contributed by atoms with Crippen LogP contribution in [-0.2, 0) is 6.42 Å². The monoisotopic (exact) mass is 418 g/mol. The molecule has 2 aromatic rings. The van der Waals surface area contributed by atoms with E-state index in [1.165, 1.54) is 30.8 Å². The van der Waals surface area contributed by atoms with Crippen LogP contribution in [0.1, 0.15) is 68.6 Å². The number of rotatable bonds is 10. The number of likely N-dealkylation sites (tertiary alicyclic amines) is 1. The minimum absolute atomic E-state index is 0.296.